The highest BCUT2D eigenvalue weighted by molar-refractivity contribution is 5.93. The Morgan fingerprint density at radius 3 is 1.36 bits per heavy atom. The number of unbranched alkanes of at least 4 members (excludes halogenated alkanes) is 32. The summed E-state index contributed by atoms with van der Waals surface area (Å²) in [7, 11) is 0. The van der Waals surface area contributed by atoms with Crippen molar-refractivity contribution in [2.24, 2.45) is 5.92 Å². The summed E-state index contributed by atoms with van der Waals surface area (Å²) in [6.07, 6.45) is 65.8. The second-order valence-corrected chi connectivity index (χ2v) is 21.5. The van der Waals surface area contributed by atoms with Crippen molar-refractivity contribution in [1.29, 1.82) is 0 Å². The summed E-state index contributed by atoms with van der Waals surface area (Å²) in [6.45, 7) is 12.1. The van der Waals surface area contributed by atoms with E-state index in [0.717, 1.165) is 90.1 Å². The molecule has 1 heterocycles. The molecule has 66 heavy (non-hydrogen) atoms. The van der Waals surface area contributed by atoms with Gasteiger partial charge in [-0.05, 0) is 116 Å². The van der Waals surface area contributed by atoms with E-state index in [4.69, 9.17) is 0 Å². The molecule has 386 valence electrons. The van der Waals surface area contributed by atoms with E-state index in [1.807, 2.05) is 0 Å². The Kier molecular flexibility index (Phi) is 40.9. The highest BCUT2D eigenvalue weighted by Crippen LogP contribution is 2.40. The number of nitrogens with zero attached hydrogens (tertiary/aromatic N) is 2. The van der Waals surface area contributed by atoms with Crippen molar-refractivity contribution in [3.05, 3.63) is 24.3 Å². The third-order valence-electron chi connectivity index (χ3n) is 15.5. The number of rotatable bonds is 49. The van der Waals surface area contributed by atoms with Crippen molar-refractivity contribution in [2.45, 2.75) is 315 Å². The van der Waals surface area contributed by atoms with Crippen molar-refractivity contribution in [3.63, 3.8) is 0 Å². The molecule has 0 radical (unpaired) electrons. The van der Waals surface area contributed by atoms with E-state index in [1.165, 1.54) is 232 Å². The molecule has 0 spiro atoms. The fourth-order valence-electron chi connectivity index (χ4n) is 10.8. The van der Waals surface area contributed by atoms with Crippen molar-refractivity contribution in [1.82, 2.24) is 15.1 Å². The Balaban J connectivity index is 1.93. The second-order valence-electron chi connectivity index (χ2n) is 21.5. The van der Waals surface area contributed by atoms with Crippen LogP contribution >= 0.6 is 0 Å². The molecule has 1 saturated carbocycles. The molecule has 0 aromatic carbocycles. The fourth-order valence-corrected chi connectivity index (χ4v) is 10.8. The number of likely N-dealkylation sites (tertiary alicyclic amines) is 1. The van der Waals surface area contributed by atoms with Crippen molar-refractivity contribution in [3.8, 4) is 0 Å². The Morgan fingerprint density at radius 2 is 0.894 bits per heavy atom. The monoisotopic (exact) mass is 922 g/mol. The Hall–Kier alpha value is -1.62. The molecule has 2 rings (SSSR count). The minimum Gasteiger partial charge on any atom is -0.354 e. The van der Waals surface area contributed by atoms with Gasteiger partial charge in [-0.2, -0.15) is 0 Å². The summed E-state index contributed by atoms with van der Waals surface area (Å²) in [4.78, 5) is 34.2. The zero-order valence-corrected chi connectivity index (χ0v) is 45.0. The molecule has 0 bridgehead atoms. The van der Waals surface area contributed by atoms with Gasteiger partial charge in [0.1, 0.15) is 5.54 Å². The lowest BCUT2D eigenvalue weighted by atomic mass is 9.73. The minimum absolute atomic E-state index is 0.0629. The van der Waals surface area contributed by atoms with E-state index in [1.54, 1.807) is 0 Å². The number of carbonyl (C=O) groups excluding carboxylic acids is 2. The third-order valence-corrected chi connectivity index (χ3v) is 15.5. The molecule has 2 aliphatic rings. The maximum absolute atomic E-state index is 15.1. The van der Waals surface area contributed by atoms with Crippen LogP contribution in [0.2, 0.25) is 0 Å². The molecule has 1 aliphatic heterocycles. The molecule has 0 atom stereocenters. The van der Waals surface area contributed by atoms with Crippen LogP contribution in [0.25, 0.3) is 0 Å². The van der Waals surface area contributed by atoms with Crippen molar-refractivity contribution in [2.75, 3.05) is 32.7 Å². The van der Waals surface area contributed by atoms with Gasteiger partial charge >= 0.3 is 0 Å². The molecule has 0 aromatic heterocycles. The predicted octanol–water partition coefficient (Wildman–Crippen LogP) is 18.3. The molecule has 1 N–H and O–H groups in total. The molecule has 1 aliphatic carbocycles. The molecule has 2 amide bonds. The first-order valence-electron chi connectivity index (χ1n) is 30.2. The van der Waals surface area contributed by atoms with Gasteiger partial charge in [-0.15, -0.1) is 0 Å². The first kappa shape index (κ1) is 60.5. The molecular weight excluding hydrogens is 807 g/mol. The highest BCUT2D eigenvalue weighted by Gasteiger charge is 2.51. The van der Waals surface area contributed by atoms with Crippen LogP contribution in [0.5, 0.6) is 0 Å². The number of hydrogen-bond acceptors (Lipinski definition) is 3. The van der Waals surface area contributed by atoms with Crippen LogP contribution in [0.3, 0.4) is 0 Å². The first-order valence-corrected chi connectivity index (χ1v) is 30.2. The van der Waals surface area contributed by atoms with E-state index >= 15 is 4.79 Å². The summed E-state index contributed by atoms with van der Waals surface area (Å²) < 4.78 is 0. The molecule has 5 heteroatoms. The van der Waals surface area contributed by atoms with Gasteiger partial charge in [-0.1, -0.05) is 238 Å². The second kappa shape index (κ2) is 44.6. The van der Waals surface area contributed by atoms with Gasteiger partial charge in [0.25, 0.3) is 0 Å². The van der Waals surface area contributed by atoms with Crippen LogP contribution in [-0.4, -0.2) is 59.9 Å². The van der Waals surface area contributed by atoms with Crippen molar-refractivity contribution >= 4 is 11.8 Å². The lowest BCUT2D eigenvalue weighted by Gasteiger charge is -2.50. The SMILES string of the molecule is CCCCC/C=C\C/C=C\CCCCCCCNC(=O)C1(N(CCCCCN2CCCC2)C(=O)C(CCCCCCCCCCCCCC)CCCCCCCCCCCCCC)CCC1. The van der Waals surface area contributed by atoms with Gasteiger partial charge in [0, 0.05) is 19.0 Å². The van der Waals surface area contributed by atoms with Crippen LogP contribution in [0.4, 0.5) is 0 Å². The predicted molar refractivity (Wildman–Crippen MR) is 290 cm³/mol. The van der Waals surface area contributed by atoms with Gasteiger partial charge in [-0.3, -0.25) is 9.59 Å². The van der Waals surface area contributed by atoms with Gasteiger partial charge < -0.3 is 15.1 Å². The van der Waals surface area contributed by atoms with E-state index in [-0.39, 0.29) is 11.8 Å². The molecule has 0 unspecified atom stereocenters. The smallest absolute Gasteiger partial charge is 0.245 e. The molecule has 2 fully saturated rings. The Morgan fingerprint density at radius 1 is 0.485 bits per heavy atom. The van der Waals surface area contributed by atoms with E-state index in [9.17, 15) is 4.79 Å². The number of allylic oxidation sites excluding steroid dienone is 4. The topological polar surface area (TPSA) is 52.7 Å². The minimum atomic E-state index is -0.631. The average molecular weight is 923 g/mol. The van der Waals surface area contributed by atoms with Crippen LogP contribution in [0.1, 0.15) is 310 Å². The zero-order valence-electron chi connectivity index (χ0n) is 45.0. The molecule has 5 nitrogen and oxygen atoms in total. The summed E-state index contributed by atoms with van der Waals surface area (Å²) in [5, 5.41) is 3.41. The third kappa shape index (κ3) is 30.8. The van der Waals surface area contributed by atoms with Gasteiger partial charge in [-0.25, -0.2) is 0 Å². The van der Waals surface area contributed by atoms with Gasteiger partial charge in [0.15, 0.2) is 0 Å². The normalized spacial score (nSPS) is 15.2. The first-order chi connectivity index (χ1) is 32.6. The standard InChI is InChI=1S/C61H115N3O2/c1-4-7-10-13-16-19-22-25-26-27-30-33-36-39-43-53-62-60(66)61(51-48-52-61)64(57-45-40-44-54-63-55-46-47-56-63)59(65)58(49-41-37-34-31-28-23-20-17-14-11-8-5-2)50-42-38-35-32-29-24-21-18-15-12-9-6-3/h16,19,25-26,58H,4-15,17-18,20-24,27-57H2,1-3H3,(H,62,66)/b19-16-,26-25-. The maximum atomic E-state index is 15.1. The van der Waals surface area contributed by atoms with E-state index in [0.29, 0.717) is 5.91 Å². The molecule has 1 saturated heterocycles. The van der Waals surface area contributed by atoms with Gasteiger partial charge in [0.2, 0.25) is 11.8 Å². The Bertz CT molecular complexity index is 1110. The Labute approximate surface area is 413 Å². The summed E-state index contributed by atoms with van der Waals surface area (Å²) in [6, 6.07) is 0. The average Bonchev–Trinajstić information content (AvgIpc) is 3.84. The van der Waals surface area contributed by atoms with Crippen LogP contribution < -0.4 is 5.32 Å². The zero-order chi connectivity index (χ0) is 47.3. The van der Waals surface area contributed by atoms with E-state index in [2.05, 4.69) is 60.2 Å². The summed E-state index contributed by atoms with van der Waals surface area (Å²) in [5.74, 6) is 0.541. The van der Waals surface area contributed by atoms with Crippen molar-refractivity contribution < 1.29 is 9.59 Å². The summed E-state index contributed by atoms with van der Waals surface area (Å²) >= 11 is 0. The molecular formula is C61H115N3O2. The van der Waals surface area contributed by atoms with Gasteiger partial charge in [0.05, 0.1) is 0 Å². The largest absolute Gasteiger partial charge is 0.354 e. The fraction of sp³-hybridized carbons (Fsp3) is 0.902. The van der Waals surface area contributed by atoms with Crippen LogP contribution in [-0.2, 0) is 9.59 Å². The van der Waals surface area contributed by atoms with E-state index < -0.39 is 5.54 Å². The summed E-state index contributed by atoms with van der Waals surface area (Å²) in [5.41, 5.74) is -0.631. The number of carbonyl (C=O) groups is 2. The number of nitrogens with one attached hydrogen (secondary N) is 1. The lowest BCUT2D eigenvalue weighted by Crippen LogP contribution is -2.65. The maximum Gasteiger partial charge on any atom is 0.245 e. The van der Waals surface area contributed by atoms with Crippen LogP contribution in [0.15, 0.2) is 24.3 Å². The number of amides is 2. The molecule has 0 aromatic rings. The quantitative estimate of drug-likeness (QED) is 0.0489. The number of hydrogen-bond donors (Lipinski definition) is 1. The van der Waals surface area contributed by atoms with Crippen LogP contribution in [0, 0.1) is 5.92 Å². The highest BCUT2D eigenvalue weighted by atomic mass is 16.2. The lowest BCUT2D eigenvalue weighted by molar-refractivity contribution is -0.157.